The number of hydrogen-bond donors (Lipinski definition) is 2. The Labute approximate surface area is 93.2 Å². The van der Waals surface area contributed by atoms with Gasteiger partial charge >= 0.3 is 0 Å². The Bertz CT molecular complexity index is 125. The van der Waals surface area contributed by atoms with Crippen molar-refractivity contribution in [1.29, 1.82) is 0 Å². The lowest BCUT2D eigenvalue weighted by Gasteiger charge is -2.30. The maximum atomic E-state index is 7.00. The molecule has 1 saturated carbocycles. The minimum atomic E-state index is 0.560. The molecule has 1 heterocycles. The number of aliphatic hydroxyl groups is 1. The molecular weight excluding hydrogens is 190 g/mol. The quantitative estimate of drug-likeness (QED) is 0.736. The van der Waals surface area contributed by atoms with Gasteiger partial charge in [-0.2, -0.15) is 0 Å². The van der Waals surface area contributed by atoms with Crippen LogP contribution < -0.4 is 5.32 Å². The summed E-state index contributed by atoms with van der Waals surface area (Å²) in [6, 6.07) is 0. The monoisotopic (exact) mass is 215 g/mol. The first-order chi connectivity index (χ1) is 7.45. The summed E-state index contributed by atoms with van der Waals surface area (Å²) in [6.45, 7) is 2.30. The lowest BCUT2D eigenvalue weighted by Crippen LogP contribution is -2.35. The average Bonchev–Trinajstić information content (AvgIpc) is 2.34. The van der Waals surface area contributed by atoms with Crippen LogP contribution in [0.15, 0.2) is 0 Å². The molecular formula is C12H25NO2. The SMILES string of the molecule is C1CCC(OC2CCNCC2)CC1.CO. The second kappa shape index (κ2) is 8.08. The van der Waals surface area contributed by atoms with E-state index < -0.39 is 0 Å². The van der Waals surface area contributed by atoms with E-state index in [4.69, 9.17) is 9.84 Å². The molecule has 1 aliphatic carbocycles. The molecule has 0 atom stereocenters. The van der Waals surface area contributed by atoms with Gasteiger partial charge in [-0.25, -0.2) is 0 Å². The van der Waals surface area contributed by atoms with E-state index in [1.165, 1.54) is 44.9 Å². The van der Waals surface area contributed by atoms with Gasteiger partial charge in [-0.15, -0.1) is 0 Å². The Morgan fingerprint density at radius 2 is 1.40 bits per heavy atom. The van der Waals surface area contributed by atoms with Gasteiger partial charge in [0, 0.05) is 7.11 Å². The van der Waals surface area contributed by atoms with Crippen molar-refractivity contribution in [2.45, 2.75) is 57.2 Å². The molecule has 0 aromatic rings. The van der Waals surface area contributed by atoms with E-state index in [1.54, 1.807) is 0 Å². The van der Waals surface area contributed by atoms with Crippen molar-refractivity contribution in [3.8, 4) is 0 Å². The Morgan fingerprint density at radius 3 is 2.00 bits per heavy atom. The number of piperidine rings is 1. The Hall–Kier alpha value is -0.120. The molecule has 3 nitrogen and oxygen atoms in total. The minimum Gasteiger partial charge on any atom is -0.400 e. The molecule has 2 fully saturated rings. The van der Waals surface area contributed by atoms with Gasteiger partial charge in [-0.05, 0) is 38.8 Å². The summed E-state index contributed by atoms with van der Waals surface area (Å²) in [7, 11) is 1.00. The Morgan fingerprint density at radius 1 is 0.867 bits per heavy atom. The van der Waals surface area contributed by atoms with E-state index in [9.17, 15) is 0 Å². The summed E-state index contributed by atoms with van der Waals surface area (Å²) >= 11 is 0. The van der Waals surface area contributed by atoms with Crippen LogP contribution in [-0.4, -0.2) is 37.5 Å². The van der Waals surface area contributed by atoms with E-state index in [2.05, 4.69) is 5.32 Å². The lowest BCUT2D eigenvalue weighted by molar-refractivity contribution is -0.0419. The van der Waals surface area contributed by atoms with Crippen molar-refractivity contribution >= 4 is 0 Å². The van der Waals surface area contributed by atoms with E-state index in [-0.39, 0.29) is 0 Å². The third-order valence-corrected chi connectivity index (χ3v) is 3.22. The van der Waals surface area contributed by atoms with Gasteiger partial charge in [0.1, 0.15) is 0 Å². The summed E-state index contributed by atoms with van der Waals surface area (Å²) < 4.78 is 6.09. The van der Waals surface area contributed by atoms with Crippen LogP contribution in [0.25, 0.3) is 0 Å². The molecule has 1 saturated heterocycles. The summed E-state index contributed by atoms with van der Waals surface area (Å²) in [4.78, 5) is 0. The maximum absolute atomic E-state index is 7.00. The van der Waals surface area contributed by atoms with E-state index >= 15 is 0 Å². The van der Waals surface area contributed by atoms with Crippen molar-refractivity contribution in [3.63, 3.8) is 0 Å². The molecule has 0 aromatic heterocycles. The fourth-order valence-corrected chi connectivity index (χ4v) is 2.40. The van der Waals surface area contributed by atoms with Crippen LogP contribution in [0, 0.1) is 0 Å². The molecule has 0 unspecified atom stereocenters. The predicted molar refractivity (Wildman–Crippen MR) is 62.0 cm³/mol. The number of ether oxygens (including phenoxy) is 1. The fraction of sp³-hybridized carbons (Fsp3) is 1.00. The zero-order chi connectivity index (χ0) is 10.9. The Balaban J connectivity index is 0.000000531. The van der Waals surface area contributed by atoms with Gasteiger partial charge in [-0.3, -0.25) is 0 Å². The summed E-state index contributed by atoms with van der Waals surface area (Å²) in [5, 5.41) is 10.4. The van der Waals surface area contributed by atoms with Crippen molar-refractivity contribution in [3.05, 3.63) is 0 Å². The summed E-state index contributed by atoms with van der Waals surface area (Å²) in [5.41, 5.74) is 0. The second-order valence-electron chi connectivity index (χ2n) is 4.35. The molecule has 1 aliphatic heterocycles. The molecule has 0 amide bonds. The highest BCUT2D eigenvalue weighted by Gasteiger charge is 2.20. The van der Waals surface area contributed by atoms with Crippen molar-refractivity contribution in [1.82, 2.24) is 5.32 Å². The summed E-state index contributed by atoms with van der Waals surface area (Å²) in [6.07, 6.45) is 10.4. The summed E-state index contributed by atoms with van der Waals surface area (Å²) in [5.74, 6) is 0. The normalized spacial score (nSPS) is 24.4. The first-order valence-corrected chi connectivity index (χ1v) is 6.26. The topological polar surface area (TPSA) is 41.5 Å². The number of aliphatic hydroxyl groups excluding tert-OH is 1. The largest absolute Gasteiger partial charge is 0.400 e. The van der Waals surface area contributed by atoms with Crippen LogP contribution in [-0.2, 0) is 4.74 Å². The van der Waals surface area contributed by atoms with Gasteiger partial charge < -0.3 is 15.2 Å². The zero-order valence-corrected chi connectivity index (χ0v) is 9.87. The van der Waals surface area contributed by atoms with Gasteiger partial charge in [0.2, 0.25) is 0 Å². The molecule has 90 valence electrons. The number of hydrogen-bond acceptors (Lipinski definition) is 3. The molecule has 0 bridgehead atoms. The van der Waals surface area contributed by atoms with Crippen LogP contribution >= 0.6 is 0 Å². The standard InChI is InChI=1S/C11H21NO.CH4O/c1-2-4-10(5-3-1)13-11-6-8-12-9-7-11;1-2/h10-12H,1-9H2;2H,1H3. The van der Waals surface area contributed by atoms with Gasteiger partial charge in [0.05, 0.1) is 12.2 Å². The van der Waals surface area contributed by atoms with Crippen molar-refractivity contribution in [2.24, 2.45) is 0 Å². The molecule has 2 N–H and O–H groups in total. The molecule has 0 spiro atoms. The highest BCUT2D eigenvalue weighted by atomic mass is 16.5. The highest BCUT2D eigenvalue weighted by Crippen LogP contribution is 2.23. The first-order valence-electron chi connectivity index (χ1n) is 6.26. The van der Waals surface area contributed by atoms with Crippen LogP contribution in [0.1, 0.15) is 44.9 Å². The van der Waals surface area contributed by atoms with Crippen molar-refractivity contribution < 1.29 is 9.84 Å². The van der Waals surface area contributed by atoms with E-state index in [0.717, 1.165) is 20.2 Å². The molecule has 3 heteroatoms. The molecule has 2 aliphatic rings. The van der Waals surface area contributed by atoms with Gasteiger partial charge in [-0.1, -0.05) is 19.3 Å². The minimum absolute atomic E-state index is 0.560. The smallest absolute Gasteiger partial charge is 0.0603 e. The molecule has 15 heavy (non-hydrogen) atoms. The van der Waals surface area contributed by atoms with Gasteiger partial charge in [0.25, 0.3) is 0 Å². The molecule has 2 rings (SSSR count). The van der Waals surface area contributed by atoms with Crippen LogP contribution in [0.4, 0.5) is 0 Å². The van der Waals surface area contributed by atoms with E-state index in [1.807, 2.05) is 0 Å². The first kappa shape index (κ1) is 12.9. The number of rotatable bonds is 2. The Kier molecular flexibility index (Phi) is 6.98. The third-order valence-electron chi connectivity index (χ3n) is 3.22. The van der Waals surface area contributed by atoms with E-state index in [0.29, 0.717) is 12.2 Å². The van der Waals surface area contributed by atoms with Gasteiger partial charge in [0.15, 0.2) is 0 Å². The fourth-order valence-electron chi connectivity index (χ4n) is 2.40. The molecule has 0 aromatic carbocycles. The number of nitrogens with one attached hydrogen (secondary N) is 1. The highest BCUT2D eigenvalue weighted by molar-refractivity contribution is 4.72. The van der Waals surface area contributed by atoms with Crippen LogP contribution in [0.3, 0.4) is 0 Å². The second-order valence-corrected chi connectivity index (χ2v) is 4.35. The predicted octanol–water partition coefficient (Wildman–Crippen LogP) is 1.70. The zero-order valence-electron chi connectivity index (χ0n) is 9.87. The van der Waals surface area contributed by atoms with Crippen molar-refractivity contribution in [2.75, 3.05) is 20.2 Å². The average molecular weight is 215 g/mol. The maximum Gasteiger partial charge on any atom is 0.0603 e. The van der Waals surface area contributed by atoms with Crippen LogP contribution in [0.2, 0.25) is 0 Å². The molecule has 0 radical (unpaired) electrons. The third kappa shape index (κ3) is 4.96. The van der Waals surface area contributed by atoms with Crippen LogP contribution in [0.5, 0.6) is 0 Å². The lowest BCUT2D eigenvalue weighted by atomic mass is 9.97.